The molecule has 0 aliphatic heterocycles. The second-order valence-electron chi connectivity index (χ2n) is 6.01. The molecule has 0 aromatic heterocycles. The third-order valence-corrected chi connectivity index (χ3v) is 4.44. The first-order valence-corrected chi connectivity index (χ1v) is 6.97. The molecule has 0 amide bonds. The average molecular weight is 226 g/mol. The summed E-state index contributed by atoms with van der Waals surface area (Å²) in [6, 6.07) is 0.775. The van der Waals surface area contributed by atoms with Gasteiger partial charge in [-0.15, -0.1) is 0 Å². The van der Waals surface area contributed by atoms with Crippen LogP contribution in [0.1, 0.15) is 59.3 Å². The summed E-state index contributed by atoms with van der Waals surface area (Å²) < 4.78 is 0. The van der Waals surface area contributed by atoms with Crippen LogP contribution in [0.3, 0.4) is 0 Å². The highest BCUT2D eigenvalue weighted by Crippen LogP contribution is 2.29. The van der Waals surface area contributed by atoms with Crippen molar-refractivity contribution in [2.45, 2.75) is 70.9 Å². The van der Waals surface area contributed by atoms with E-state index in [-0.39, 0.29) is 5.54 Å². The summed E-state index contributed by atoms with van der Waals surface area (Å²) in [6.07, 6.45) is 7.99. The van der Waals surface area contributed by atoms with Gasteiger partial charge in [0, 0.05) is 18.1 Å². The van der Waals surface area contributed by atoms with E-state index in [4.69, 9.17) is 5.73 Å². The molecular formula is C14H30N2. The Hall–Kier alpha value is -0.0800. The number of rotatable bonds is 5. The molecule has 16 heavy (non-hydrogen) atoms. The standard InChI is InChI=1S/C14H30N2/c1-5-12-7-9-13(10-8-12)16(4)11-14(3,15)6-2/h12-13H,5-11,15H2,1-4H3. The second kappa shape index (κ2) is 6.02. The lowest BCUT2D eigenvalue weighted by Gasteiger charge is -2.38. The molecule has 1 fully saturated rings. The van der Waals surface area contributed by atoms with Crippen molar-refractivity contribution in [3.63, 3.8) is 0 Å². The van der Waals surface area contributed by atoms with Gasteiger partial charge in [0.1, 0.15) is 0 Å². The monoisotopic (exact) mass is 226 g/mol. The lowest BCUT2D eigenvalue weighted by Crippen LogP contribution is -2.49. The van der Waals surface area contributed by atoms with Crippen molar-refractivity contribution in [1.29, 1.82) is 0 Å². The van der Waals surface area contributed by atoms with Crippen LogP contribution >= 0.6 is 0 Å². The van der Waals surface area contributed by atoms with Gasteiger partial charge in [-0.1, -0.05) is 20.3 Å². The Morgan fingerprint density at radius 1 is 1.19 bits per heavy atom. The summed E-state index contributed by atoms with van der Waals surface area (Å²) in [6.45, 7) is 7.71. The summed E-state index contributed by atoms with van der Waals surface area (Å²) in [4.78, 5) is 2.50. The maximum Gasteiger partial charge on any atom is 0.0252 e. The molecule has 1 aliphatic carbocycles. The molecule has 1 unspecified atom stereocenters. The minimum absolute atomic E-state index is 0.0175. The van der Waals surface area contributed by atoms with Crippen LogP contribution in [0.2, 0.25) is 0 Å². The first-order chi connectivity index (χ1) is 7.48. The maximum absolute atomic E-state index is 6.24. The van der Waals surface area contributed by atoms with E-state index in [1.165, 1.54) is 32.1 Å². The SMILES string of the molecule is CCC1CCC(N(C)CC(C)(N)CC)CC1. The molecule has 0 spiro atoms. The van der Waals surface area contributed by atoms with Crippen LogP contribution in [0, 0.1) is 5.92 Å². The van der Waals surface area contributed by atoms with Gasteiger partial charge in [-0.2, -0.15) is 0 Å². The van der Waals surface area contributed by atoms with E-state index in [1.54, 1.807) is 0 Å². The summed E-state index contributed by atoms with van der Waals surface area (Å²) in [5, 5.41) is 0. The number of nitrogens with zero attached hydrogens (tertiary/aromatic N) is 1. The van der Waals surface area contributed by atoms with Gasteiger partial charge in [0.25, 0.3) is 0 Å². The highest BCUT2D eigenvalue weighted by molar-refractivity contribution is 4.85. The third-order valence-electron chi connectivity index (χ3n) is 4.44. The normalized spacial score (nSPS) is 30.4. The molecular weight excluding hydrogens is 196 g/mol. The molecule has 96 valence electrons. The molecule has 0 saturated heterocycles. The molecule has 1 rings (SSSR count). The quantitative estimate of drug-likeness (QED) is 0.781. The second-order valence-corrected chi connectivity index (χ2v) is 6.01. The largest absolute Gasteiger partial charge is 0.324 e. The van der Waals surface area contributed by atoms with Crippen molar-refractivity contribution in [3.8, 4) is 0 Å². The topological polar surface area (TPSA) is 29.3 Å². The van der Waals surface area contributed by atoms with Crippen molar-refractivity contribution in [3.05, 3.63) is 0 Å². The summed E-state index contributed by atoms with van der Waals surface area (Å²) in [7, 11) is 2.25. The lowest BCUT2D eigenvalue weighted by molar-refractivity contribution is 0.137. The van der Waals surface area contributed by atoms with E-state index in [0.717, 1.165) is 24.9 Å². The van der Waals surface area contributed by atoms with Gasteiger partial charge in [-0.3, -0.25) is 0 Å². The molecule has 0 bridgehead atoms. The fraction of sp³-hybridized carbons (Fsp3) is 1.00. The van der Waals surface area contributed by atoms with Gasteiger partial charge in [-0.25, -0.2) is 0 Å². The van der Waals surface area contributed by atoms with Crippen molar-refractivity contribution >= 4 is 0 Å². The zero-order valence-electron chi connectivity index (χ0n) is 11.6. The minimum Gasteiger partial charge on any atom is -0.324 e. The Labute approximate surface area is 102 Å². The van der Waals surface area contributed by atoms with Crippen molar-refractivity contribution in [2.75, 3.05) is 13.6 Å². The molecule has 2 heteroatoms. The van der Waals surface area contributed by atoms with Crippen LogP contribution in [0.25, 0.3) is 0 Å². The van der Waals surface area contributed by atoms with Gasteiger partial charge >= 0.3 is 0 Å². The Balaban J connectivity index is 2.36. The Kier molecular flexibility index (Phi) is 5.26. The molecule has 1 atom stereocenters. The van der Waals surface area contributed by atoms with Crippen molar-refractivity contribution in [2.24, 2.45) is 11.7 Å². The number of likely N-dealkylation sites (N-methyl/N-ethyl adjacent to an activating group) is 1. The highest BCUT2D eigenvalue weighted by atomic mass is 15.1. The zero-order chi connectivity index (χ0) is 12.2. The summed E-state index contributed by atoms with van der Waals surface area (Å²) >= 11 is 0. The van der Waals surface area contributed by atoms with Gasteiger partial charge in [-0.05, 0) is 52.0 Å². The van der Waals surface area contributed by atoms with E-state index < -0.39 is 0 Å². The molecule has 0 radical (unpaired) electrons. The van der Waals surface area contributed by atoms with E-state index in [1.807, 2.05) is 0 Å². The van der Waals surface area contributed by atoms with E-state index >= 15 is 0 Å². The van der Waals surface area contributed by atoms with Gasteiger partial charge in [0.15, 0.2) is 0 Å². The lowest BCUT2D eigenvalue weighted by atomic mass is 9.83. The number of hydrogen-bond donors (Lipinski definition) is 1. The molecule has 2 N–H and O–H groups in total. The Morgan fingerprint density at radius 2 is 1.75 bits per heavy atom. The molecule has 0 aromatic rings. The van der Waals surface area contributed by atoms with E-state index in [2.05, 4.69) is 32.7 Å². The van der Waals surface area contributed by atoms with E-state index in [9.17, 15) is 0 Å². The number of hydrogen-bond acceptors (Lipinski definition) is 2. The van der Waals surface area contributed by atoms with Crippen LogP contribution in [0.4, 0.5) is 0 Å². The van der Waals surface area contributed by atoms with Gasteiger partial charge < -0.3 is 10.6 Å². The molecule has 2 nitrogen and oxygen atoms in total. The first-order valence-electron chi connectivity index (χ1n) is 6.97. The predicted octanol–water partition coefficient (Wildman–Crippen LogP) is 3.01. The fourth-order valence-corrected chi connectivity index (χ4v) is 2.80. The first kappa shape index (κ1) is 14.0. The molecule has 0 aromatic carbocycles. The van der Waals surface area contributed by atoms with Crippen LogP contribution in [0.15, 0.2) is 0 Å². The van der Waals surface area contributed by atoms with Gasteiger partial charge in [0.05, 0.1) is 0 Å². The van der Waals surface area contributed by atoms with Crippen LogP contribution < -0.4 is 5.73 Å². The maximum atomic E-state index is 6.24. The van der Waals surface area contributed by atoms with Crippen molar-refractivity contribution in [1.82, 2.24) is 4.90 Å². The van der Waals surface area contributed by atoms with E-state index in [0.29, 0.717) is 0 Å². The number of nitrogens with two attached hydrogens (primary N) is 1. The fourth-order valence-electron chi connectivity index (χ4n) is 2.80. The van der Waals surface area contributed by atoms with Gasteiger partial charge in [0.2, 0.25) is 0 Å². The minimum atomic E-state index is -0.0175. The van der Waals surface area contributed by atoms with Crippen molar-refractivity contribution < 1.29 is 0 Å². The average Bonchev–Trinajstić information content (AvgIpc) is 2.28. The third kappa shape index (κ3) is 4.06. The van der Waals surface area contributed by atoms with Crippen LogP contribution in [-0.2, 0) is 0 Å². The van der Waals surface area contributed by atoms with Crippen LogP contribution in [-0.4, -0.2) is 30.1 Å². The molecule has 1 aliphatic rings. The predicted molar refractivity (Wildman–Crippen MR) is 71.6 cm³/mol. The highest BCUT2D eigenvalue weighted by Gasteiger charge is 2.26. The summed E-state index contributed by atoms with van der Waals surface area (Å²) in [5.74, 6) is 0.986. The molecule has 0 heterocycles. The van der Waals surface area contributed by atoms with Crippen LogP contribution in [0.5, 0.6) is 0 Å². The zero-order valence-corrected chi connectivity index (χ0v) is 11.6. The Morgan fingerprint density at radius 3 is 2.19 bits per heavy atom. The summed E-state index contributed by atoms with van der Waals surface area (Å²) in [5.41, 5.74) is 6.22. The Bertz CT molecular complexity index is 193. The molecule has 1 saturated carbocycles. The smallest absolute Gasteiger partial charge is 0.0252 e.